The van der Waals surface area contributed by atoms with Gasteiger partial charge in [-0.1, -0.05) is 0 Å². The van der Waals surface area contributed by atoms with Gasteiger partial charge in [0.05, 0.1) is 0 Å². The van der Waals surface area contributed by atoms with Crippen molar-refractivity contribution >= 4 is 5.97 Å². The van der Waals surface area contributed by atoms with E-state index in [1.54, 1.807) is 4.74 Å². The Kier molecular flexibility index (Phi) is 7.19. The van der Waals surface area contributed by atoms with Crippen molar-refractivity contribution in [2.45, 2.75) is 30.6 Å². The van der Waals surface area contributed by atoms with Gasteiger partial charge in [-0.25, -0.2) is 4.74 Å². The second kappa shape index (κ2) is 6.62. The first kappa shape index (κ1) is 23.9. The molecule has 0 amide bonds. The molecule has 1 atom stereocenters. The molecular formula is C6F11NaO4. The Morgan fingerprint density at radius 2 is 1.05 bits per heavy atom. The van der Waals surface area contributed by atoms with Crippen molar-refractivity contribution in [3.63, 3.8) is 0 Å². The zero-order valence-electron chi connectivity index (χ0n) is 9.79. The first-order valence-corrected chi connectivity index (χ1v) is 4.05. The van der Waals surface area contributed by atoms with E-state index in [2.05, 4.69) is 0 Å². The van der Waals surface area contributed by atoms with Crippen molar-refractivity contribution in [2.75, 3.05) is 0 Å². The molecule has 0 bridgehead atoms. The summed E-state index contributed by atoms with van der Waals surface area (Å²) in [5.74, 6) is -10.6. The maximum atomic E-state index is 12.7. The van der Waals surface area contributed by atoms with Crippen LogP contribution in [0.3, 0.4) is 0 Å². The van der Waals surface area contributed by atoms with Gasteiger partial charge in [-0.2, -0.15) is 35.1 Å². The molecular weight excluding hydrogens is 368 g/mol. The molecule has 22 heavy (non-hydrogen) atoms. The molecule has 16 heteroatoms. The van der Waals surface area contributed by atoms with E-state index in [0.29, 0.717) is 0 Å². The number of aliphatic carboxylic acids is 1. The van der Waals surface area contributed by atoms with Crippen molar-refractivity contribution in [3.8, 4) is 0 Å². The first-order valence-electron chi connectivity index (χ1n) is 4.05. The standard InChI is InChI=1S/C6HF11O4.Na/c7-2(1(18)19,3(8,9)10)20-4(11,12)5(13,14)21-6(15,16)17;/h(H,18,19);/q;+1/p-1. The van der Waals surface area contributed by atoms with Crippen LogP contribution in [0.4, 0.5) is 48.3 Å². The zero-order chi connectivity index (χ0) is 17.5. The van der Waals surface area contributed by atoms with E-state index in [0.717, 1.165) is 0 Å². The number of hydrogen-bond donors (Lipinski definition) is 0. The van der Waals surface area contributed by atoms with Crippen LogP contribution in [-0.4, -0.2) is 36.6 Å². The summed E-state index contributed by atoms with van der Waals surface area (Å²) in [6, 6.07) is 0. The normalized spacial score (nSPS) is 16.7. The van der Waals surface area contributed by atoms with Crippen LogP contribution in [0.2, 0.25) is 0 Å². The summed E-state index contributed by atoms with van der Waals surface area (Å²) < 4.78 is 135. The van der Waals surface area contributed by atoms with Crippen LogP contribution in [0.5, 0.6) is 0 Å². The van der Waals surface area contributed by atoms with Crippen LogP contribution in [0.15, 0.2) is 0 Å². The third-order valence-corrected chi connectivity index (χ3v) is 1.48. The fourth-order valence-electron chi connectivity index (χ4n) is 0.656. The molecule has 4 nitrogen and oxygen atoms in total. The van der Waals surface area contributed by atoms with Gasteiger partial charge in [0.2, 0.25) is 0 Å². The predicted octanol–water partition coefficient (Wildman–Crippen LogP) is -1.29. The SMILES string of the molecule is O=C([O-])C(F)(OC(F)(F)C(F)(F)OC(F)(F)F)C(F)(F)F.[Na+]. The molecule has 0 aromatic heterocycles. The Morgan fingerprint density at radius 3 is 1.27 bits per heavy atom. The fraction of sp³-hybridized carbons (Fsp3) is 0.833. The summed E-state index contributed by atoms with van der Waals surface area (Å²) in [5.41, 5.74) is 0. The number of carboxylic acid groups (broad SMARTS) is 1. The van der Waals surface area contributed by atoms with Gasteiger partial charge < -0.3 is 9.90 Å². The minimum Gasteiger partial charge on any atom is -0.544 e. The number of hydrogen-bond acceptors (Lipinski definition) is 4. The van der Waals surface area contributed by atoms with Crippen LogP contribution >= 0.6 is 0 Å². The minimum absolute atomic E-state index is 0. The Bertz CT molecular complexity index is 404. The number of ether oxygens (including phenoxy) is 2. The summed E-state index contributed by atoms with van der Waals surface area (Å²) in [4.78, 5) is 9.79. The number of halogens is 11. The van der Waals surface area contributed by atoms with Crippen molar-refractivity contribution in [3.05, 3.63) is 0 Å². The van der Waals surface area contributed by atoms with Crippen molar-refractivity contribution in [1.82, 2.24) is 0 Å². The molecule has 126 valence electrons. The molecule has 0 fully saturated rings. The van der Waals surface area contributed by atoms with E-state index < -0.39 is 36.6 Å². The van der Waals surface area contributed by atoms with Gasteiger partial charge in [-0.3, -0.25) is 4.74 Å². The predicted molar refractivity (Wildman–Crippen MR) is 33.0 cm³/mol. The van der Waals surface area contributed by atoms with Crippen LogP contribution in [0, 0.1) is 0 Å². The second-order valence-corrected chi connectivity index (χ2v) is 3.06. The van der Waals surface area contributed by atoms with E-state index in [4.69, 9.17) is 0 Å². The van der Waals surface area contributed by atoms with Gasteiger partial charge in [-0.05, 0) is 0 Å². The van der Waals surface area contributed by atoms with Crippen molar-refractivity contribution in [1.29, 1.82) is 0 Å². The Labute approximate surface area is 134 Å². The molecule has 0 saturated carbocycles. The monoisotopic (exact) mass is 368 g/mol. The average Bonchev–Trinajstić information content (AvgIpc) is 2.09. The van der Waals surface area contributed by atoms with Gasteiger partial charge >= 0.3 is 60.2 Å². The Morgan fingerprint density at radius 1 is 0.727 bits per heavy atom. The molecule has 0 aromatic carbocycles. The summed E-state index contributed by atoms with van der Waals surface area (Å²) in [6.07, 6.45) is -27.2. The number of rotatable bonds is 5. The molecule has 0 N–H and O–H groups in total. The van der Waals surface area contributed by atoms with Crippen molar-refractivity contribution < 1.29 is 97.2 Å². The molecule has 0 rings (SSSR count). The number of alkyl halides is 11. The largest absolute Gasteiger partial charge is 1.00 e. The summed E-state index contributed by atoms with van der Waals surface area (Å²) in [7, 11) is 0. The van der Waals surface area contributed by atoms with Gasteiger partial charge in [0.1, 0.15) is 5.97 Å². The maximum Gasteiger partial charge on any atom is 1.00 e. The van der Waals surface area contributed by atoms with Crippen LogP contribution in [-0.2, 0) is 14.3 Å². The summed E-state index contributed by atoms with van der Waals surface area (Å²) in [6.45, 7) is 0. The molecule has 0 spiro atoms. The summed E-state index contributed by atoms with van der Waals surface area (Å²) in [5, 5.41) is 9.79. The van der Waals surface area contributed by atoms with E-state index in [9.17, 15) is 58.2 Å². The molecule has 0 heterocycles. The molecule has 0 aromatic rings. The zero-order valence-corrected chi connectivity index (χ0v) is 11.8. The Hall–Kier alpha value is -0.380. The second-order valence-electron chi connectivity index (χ2n) is 3.06. The number of carbonyl (C=O) groups is 1. The van der Waals surface area contributed by atoms with Gasteiger partial charge in [-0.15, -0.1) is 13.2 Å². The van der Waals surface area contributed by atoms with Crippen molar-refractivity contribution in [2.24, 2.45) is 0 Å². The number of carboxylic acids is 1. The molecule has 0 saturated heterocycles. The molecule has 0 radical (unpaired) electrons. The van der Waals surface area contributed by atoms with Crippen LogP contribution < -0.4 is 34.7 Å². The average molecular weight is 368 g/mol. The Balaban J connectivity index is 0. The summed E-state index contributed by atoms with van der Waals surface area (Å²) >= 11 is 0. The van der Waals surface area contributed by atoms with E-state index in [-0.39, 0.29) is 29.6 Å². The van der Waals surface area contributed by atoms with Crippen LogP contribution in [0.25, 0.3) is 0 Å². The van der Waals surface area contributed by atoms with E-state index in [1.165, 1.54) is 4.74 Å². The first-order chi connectivity index (χ1) is 8.86. The fourth-order valence-corrected chi connectivity index (χ4v) is 0.656. The van der Waals surface area contributed by atoms with Gasteiger partial charge in [0.15, 0.2) is 0 Å². The minimum atomic E-state index is -6.97. The molecule has 0 aliphatic carbocycles. The molecule has 0 aliphatic heterocycles. The maximum absolute atomic E-state index is 12.7. The van der Waals surface area contributed by atoms with Gasteiger partial charge in [0, 0.05) is 0 Å². The smallest absolute Gasteiger partial charge is 0.544 e. The van der Waals surface area contributed by atoms with Crippen LogP contribution in [0.1, 0.15) is 0 Å². The quantitative estimate of drug-likeness (QED) is 0.448. The van der Waals surface area contributed by atoms with Gasteiger partial charge in [0.25, 0.3) is 0 Å². The van der Waals surface area contributed by atoms with E-state index >= 15 is 0 Å². The number of carbonyl (C=O) groups excluding carboxylic acids is 1. The molecule has 1 unspecified atom stereocenters. The third kappa shape index (κ3) is 5.36. The topological polar surface area (TPSA) is 58.6 Å². The third-order valence-electron chi connectivity index (χ3n) is 1.48. The van der Waals surface area contributed by atoms with E-state index in [1.807, 2.05) is 0 Å². The molecule has 0 aliphatic rings.